The average Bonchev–Trinajstić information content (AvgIpc) is 3.17. The highest BCUT2D eigenvalue weighted by atomic mass is 32.1. The van der Waals surface area contributed by atoms with E-state index in [9.17, 15) is 5.11 Å². The third kappa shape index (κ3) is 2.82. The van der Waals surface area contributed by atoms with Crippen molar-refractivity contribution in [1.82, 2.24) is 0 Å². The van der Waals surface area contributed by atoms with Crippen LogP contribution in [-0.4, -0.2) is 5.11 Å². The largest absolute Gasteiger partial charge is 0.507 e. The van der Waals surface area contributed by atoms with Crippen molar-refractivity contribution < 1.29 is 5.11 Å². The van der Waals surface area contributed by atoms with Crippen molar-refractivity contribution in [3.8, 4) is 5.75 Å². The van der Waals surface area contributed by atoms with Crippen molar-refractivity contribution in [2.24, 2.45) is 0 Å². The van der Waals surface area contributed by atoms with Gasteiger partial charge in [0.25, 0.3) is 0 Å². The van der Waals surface area contributed by atoms with Gasteiger partial charge in [-0.15, -0.1) is 22.7 Å². The summed E-state index contributed by atoms with van der Waals surface area (Å²) < 4.78 is 0. The number of thiophene rings is 2. The summed E-state index contributed by atoms with van der Waals surface area (Å²) in [5.41, 5.74) is 2.78. The number of aryl methyl sites for hydroxylation is 1. The van der Waals surface area contributed by atoms with E-state index in [2.05, 4.69) is 40.3 Å². The summed E-state index contributed by atoms with van der Waals surface area (Å²) >= 11 is 3.49. The minimum Gasteiger partial charge on any atom is -0.507 e. The maximum Gasteiger partial charge on any atom is 0.123 e. The Balaban J connectivity index is 1.98. The Hall–Kier alpha value is -1.78. The predicted octanol–water partition coefficient (Wildman–Crippen LogP) is 5.33. The lowest BCUT2D eigenvalue weighted by atomic mass is 10.1. The monoisotopic (exact) mass is 315 g/mol. The zero-order chi connectivity index (χ0) is 14.8. The molecule has 0 atom stereocenters. The molecule has 21 heavy (non-hydrogen) atoms. The van der Waals surface area contributed by atoms with E-state index in [4.69, 9.17) is 0 Å². The van der Waals surface area contributed by atoms with E-state index < -0.39 is 0 Å². The number of anilines is 1. The molecule has 0 aliphatic heterocycles. The Morgan fingerprint density at radius 1 is 0.952 bits per heavy atom. The van der Waals surface area contributed by atoms with Crippen LogP contribution in [0, 0.1) is 13.8 Å². The lowest BCUT2D eigenvalue weighted by molar-refractivity contribution is 0.467. The summed E-state index contributed by atoms with van der Waals surface area (Å²) in [6.45, 7) is 3.87. The van der Waals surface area contributed by atoms with Crippen molar-refractivity contribution in [2.45, 2.75) is 19.9 Å². The molecule has 2 N–H and O–H groups in total. The summed E-state index contributed by atoms with van der Waals surface area (Å²) in [7, 11) is 0. The molecule has 2 aromatic heterocycles. The van der Waals surface area contributed by atoms with Gasteiger partial charge in [0, 0.05) is 21.0 Å². The van der Waals surface area contributed by atoms with Gasteiger partial charge in [0.15, 0.2) is 0 Å². The van der Waals surface area contributed by atoms with Crippen LogP contribution in [0.4, 0.5) is 5.69 Å². The van der Waals surface area contributed by atoms with Crippen LogP contribution in [0.2, 0.25) is 0 Å². The standard InChI is InChI=1S/C17H17NOS2/c1-11-7-8-13(12(2)17(11)19)18-16(14-5-3-9-20-14)15-6-4-10-21-15/h3-10,16,18-19H,1-2H3. The van der Waals surface area contributed by atoms with Crippen molar-refractivity contribution in [3.05, 3.63) is 68.0 Å². The second-order valence-electron chi connectivity index (χ2n) is 5.01. The van der Waals surface area contributed by atoms with Crippen LogP contribution in [0.25, 0.3) is 0 Å². The van der Waals surface area contributed by atoms with Gasteiger partial charge < -0.3 is 10.4 Å². The van der Waals surface area contributed by atoms with Crippen LogP contribution < -0.4 is 5.32 Å². The number of hydrogen-bond acceptors (Lipinski definition) is 4. The molecule has 0 aliphatic rings. The molecule has 0 unspecified atom stereocenters. The van der Waals surface area contributed by atoms with Gasteiger partial charge >= 0.3 is 0 Å². The molecule has 0 amide bonds. The molecule has 0 fully saturated rings. The predicted molar refractivity (Wildman–Crippen MR) is 91.7 cm³/mol. The third-order valence-corrected chi connectivity index (χ3v) is 5.46. The minimum atomic E-state index is 0.130. The number of hydrogen-bond donors (Lipinski definition) is 2. The number of nitrogens with one attached hydrogen (secondary N) is 1. The molecular weight excluding hydrogens is 298 g/mol. The first-order valence-corrected chi connectivity index (χ1v) is 8.55. The molecule has 0 radical (unpaired) electrons. The van der Waals surface area contributed by atoms with Crippen LogP contribution in [0.3, 0.4) is 0 Å². The quantitative estimate of drug-likeness (QED) is 0.681. The molecular formula is C17H17NOS2. The second kappa shape index (κ2) is 5.92. The number of rotatable bonds is 4. The van der Waals surface area contributed by atoms with E-state index in [0.29, 0.717) is 5.75 Å². The lowest BCUT2D eigenvalue weighted by Gasteiger charge is -2.20. The van der Waals surface area contributed by atoms with E-state index in [0.717, 1.165) is 16.8 Å². The van der Waals surface area contributed by atoms with E-state index in [-0.39, 0.29) is 6.04 Å². The van der Waals surface area contributed by atoms with Gasteiger partial charge in [-0.1, -0.05) is 18.2 Å². The molecule has 2 heterocycles. The Kier molecular flexibility index (Phi) is 3.99. The topological polar surface area (TPSA) is 32.3 Å². The summed E-state index contributed by atoms with van der Waals surface area (Å²) in [5.74, 6) is 0.371. The maximum atomic E-state index is 10.1. The zero-order valence-electron chi connectivity index (χ0n) is 12.0. The Morgan fingerprint density at radius 2 is 1.57 bits per heavy atom. The van der Waals surface area contributed by atoms with Crippen molar-refractivity contribution in [2.75, 3.05) is 5.32 Å². The average molecular weight is 315 g/mol. The summed E-state index contributed by atoms with van der Waals surface area (Å²) in [4.78, 5) is 2.55. The molecule has 4 heteroatoms. The third-order valence-electron chi connectivity index (χ3n) is 3.59. The second-order valence-corrected chi connectivity index (χ2v) is 6.97. The van der Waals surface area contributed by atoms with Gasteiger partial charge in [0.1, 0.15) is 5.75 Å². The van der Waals surface area contributed by atoms with Gasteiger partial charge in [-0.2, -0.15) is 0 Å². The molecule has 0 saturated carbocycles. The van der Waals surface area contributed by atoms with Gasteiger partial charge in [-0.3, -0.25) is 0 Å². The maximum absolute atomic E-state index is 10.1. The highest BCUT2D eigenvalue weighted by Gasteiger charge is 2.18. The lowest BCUT2D eigenvalue weighted by Crippen LogP contribution is -2.10. The summed E-state index contributed by atoms with van der Waals surface area (Å²) in [5, 5.41) is 17.9. The minimum absolute atomic E-state index is 0.130. The van der Waals surface area contributed by atoms with Crippen LogP contribution in [0.5, 0.6) is 5.75 Å². The molecule has 108 valence electrons. The number of aromatic hydroxyl groups is 1. The van der Waals surface area contributed by atoms with Gasteiger partial charge in [0.2, 0.25) is 0 Å². The molecule has 3 aromatic rings. The first-order valence-electron chi connectivity index (χ1n) is 6.79. The Bertz CT molecular complexity index is 683. The SMILES string of the molecule is Cc1ccc(NC(c2cccs2)c2cccs2)c(C)c1O. The van der Waals surface area contributed by atoms with Crippen LogP contribution >= 0.6 is 22.7 Å². The Labute approximate surface area is 132 Å². The fraction of sp³-hybridized carbons (Fsp3) is 0.176. The molecule has 0 saturated heterocycles. The van der Waals surface area contributed by atoms with Crippen molar-refractivity contribution in [3.63, 3.8) is 0 Å². The molecule has 0 aliphatic carbocycles. The summed E-state index contributed by atoms with van der Waals surface area (Å²) in [6.07, 6.45) is 0. The first-order chi connectivity index (χ1) is 10.2. The van der Waals surface area contributed by atoms with Crippen molar-refractivity contribution in [1.29, 1.82) is 0 Å². The zero-order valence-corrected chi connectivity index (χ0v) is 13.6. The molecule has 3 rings (SSSR count). The normalized spacial score (nSPS) is 11.0. The molecule has 2 nitrogen and oxygen atoms in total. The fourth-order valence-corrected chi connectivity index (χ4v) is 4.00. The molecule has 1 aromatic carbocycles. The number of benzene rings is 1. The van der Waals surface area contributed by atoms with Gasteiger partial charge in [-0.25, -0.2) is 0 Å². The van der Waals surface area contributed by atoms with Gasteiger partial charge in [-0.05, 0) is 48.4 Å². The van der Waals surface area contributed by atoms with Crippen LogP contribution in [0.1, 0.15) is 26.9 Å². The van der Waals surface area contributed by atoms with E-state index in [1.54, 1.807) is 22.7 Å². The van der Waals surface area contributed by atoms with E-state index in [1.807, 2.05) is 26.0 Å². The smallest absolute Gasteiger partial charge is 0.123 e. The van der Waals surface area contributed by atoms with Gasteiger partial charge in [0.05, 0.1) is 6.04 Å². The Morgan fingerprint density at radius 3 is 2.10 bits per heavy atom. The summed E-state index contributed by atoms with van der Waals surface area (Å²) in [6, 6.07) is 12.6. The molecule has 0 spiro atoms. The highest BCUT2D eigenvalue weighted by molar-refractivity contribution is 7.11. The fourth-order valence-electron chi connectivity index (χ4n) is 2.34. The van der Waals surface area contributed by atoms with Crippen LogP contribution in [0.15, 0.2) is 47.2 Å². The number of phenolic OH excluding ortho intramolecular Hbond substituents is 1. The van der Waals surface area contributed by atoms with E-state index >= 15 is 0 Å². The highest BCUT2D eigenvalue weighted by Crippen LogP contribution is 2.35. The van der Waals surface area contributed by atoms with E-state index in [1.165, 1.54) is 9.75 Å². The molecule has 0 bridgehead atoms. The van der Waals surface area contributed by atoms with Crippen LogP contribution in [-0.2, 0) is 0 Å². The first kappa shape index (κ1) is 14.2. The number of phenols is 1. The van der Waals surface area contributed by atoms with Crippen molar-refractivity contribution >= 4 is 28.4 Å².